The average molecular weight is 460 g/mol. The Bertz CT molecular complexity index is 1020. The average Bonchev–Trinajstić information content (AvgIpc) is 3.10. The van der Waals surface area contributed by atoms with Crippen LogP contribution in [0.4, 0.5) is 15.4 Å². The summed E-state index contributed by atoms with van der Waals surface area (Å²) >= 11 is 0. The Morgan fingerprint density at radius 3 is 1.88 bits per heavy atom. The number of amides is 2. The first-order valence-corrected chi connectivity index (χ1v) is 10.9. The first kappa shape index (κ1) is 25.0. The zero-order valence-corrected chi connectivity index (χ0v) is 21.0. The number of nitrogens with zero attached hydrogens (tertiary/aromatic N) is 3. The molecule has 2 amide bonds. The van der Waals surface area contributed by atoms with Crippen LogP contribution in [0.25, 0.3) is 11.0 Å². The van der Waals surface area contributed by atoms with E-state index in [-0.39, 0.29) is 5.82 Å². The van der Waals surface area contributed by atoms with Crippen molar-refractivity contribution >= 4 is 41.6 Å². The number of carbonyl (C=O) groups excluding carboxylic acids is 2. The van der Waals surface area contributed by atoms with Crippen molar-refractivity contribution in [3.8, 4) is 0 Å². The van der Waals surface area contributed by atoms with Crippen molar-refractivity contribution in [3.05, 3.63) is 12.5 Å². The minimum absolute atomic E-state index is 0.00876. The van der Waals surface area contributed by atoms with Crippen LogP contribution in [0, 0.1) is 0 Å². The Morgan fingerprint density at radius 2 is 1.42 bits per heavy atom. The lowest BCUT2D eigenvalue weighted by molar-refractivity contribution is 0.00578. The lowest BCUT2D eigenvalue weighted by Crippen LogP contribution is -2.45. The van der Waals surface area contributed by atoms with Crippen molar-refractivity contribution in [2.75, 3.05) is 4.90 Å². The summed E-state index contributed by atoms with van der Waals surface area (Å²) < 4.78 is 23.4. The summed E-state index contributed by atoms with van der Waals surface area (Å²) in [5, 5.41) is 0.396. The zero-order chi connectivity index (χ0) is 25.0. The molecule has 180 valence electrons. The molecule has 0 aliphatic carbocycles. The monoisotopic (exact) mass is 460 g/mol. The van der Waals surface area contributed by atoms with Crippen LogP contribution in [0.2, 0.25) is 0 Å². The number of rotatable bonds is 2. The van der Waals surface area contributed by atoms with Crippen LogP contribution in [-0.4, -0.2) is 56.7 Å². The Balaban J connectivity index is 2.15. The van der Waals surface area contributed by atoms with E-state index >= 15 is 0 Å². The number of fused-ring (bicyclic) bond motifs is 1. The van der Waals surface area contributed by atoms with E-state index in [1.807, 2.05) is 27.7 Å². The van der Waals surface area contributed by atoms with Crippen LogP contribution in [-0.2, 0) is 18.8 Å². The largest absolute Gasteiger partial charge is 0.497 e. The van der Waals surface area contributed by atoms with Gasteiger partial charge >= 0.3 is 19.3 Å². The highest BCUT2D eigenvalue weighted by molar-refractivity contribution is 6.65. The molecule has 3 rings (SSSR count). The van der Waals surface area contributed by atoms with Gasteiger partial charge in [0.05, 0.1) is 16.6 Å². The molecule has 1 aliphatic heterocycles. The van der Waals surface area contributed by atoms with E-state index in [2.05, 4.69) is 15.0 Å². The number of nitrogens with one attached hydrogen (secondary N) is 1. The van der Waals surface area contributed by atoms with Gasteiger partial charge in [-0.3, -0.25) is 0 Å². The molecule has 11 heteroatoms. The summed E-state index contributed by atoms with van der Waals surface area (Å²) in [6.07, 6.45) is 1.09. The van der Waals surface area contributed by atoms with Crippen molar-refractivity contribution in [1.29, 1.82) is 0 Å². The van der Waals surface area contributed by atoms with Crippen LogP contribution < -0.4 is 10.4 Å². The molecule has 0 spiro atoms. The molecule has 1 fully saturated rings. The summed E-state index contributed by atoms with van der Waals surface area (Å²) in [7, 11) is -0.771. The van der Waals surface area contributed by atoms with E-state index in [1.54, 1.807) is 47.7 Å². The molecule has 3 heterocycles. The number of hydrogen-bond donors (Lipinski definition) is 1. The molecule has 2 aromatic rings. The quantitative estimate of drug-likeness (QED) is 0.671. The van der Waals surface area contributed by atoms with Crippen LogP contribution in [0.15, 0.2) is 12.5 Å². The first-order chi connectivity index (χ1) is 14.9. The molecule has 0 atom stereocenters. The van der Waals surface area contributed by atoms with Gasteiger partial charge in [0.1, 0.15) is 23.2 Å². The third-order valence-corrected chi connectivity index (χ3v) is 5.35. The Hall–Kier alpha value is -2.66. The van der Waals surface area contributed by atoms with E-state index in [1.165, 1.54) is 6.33 Å². The number of carbonyl (C=O) groups is 2. The zero-order valence-electron chi connectivity index (χ0n) is 21.0. The third-order valence-electron chi connectivity index (χ3n) is 5.35. The molecule has 0 saturated carbocycles. The number of aromatic amines is 1. The summed E-state index contributed by atoms with van der Waals surface area (Å²) in [5.41, 5.74) is -1.93. The van der Waals surface area contributed by atoms with Gasteiger partial charge in [0, 0.05) is 11.7 Å². The molecule has 33 heavy (non-hydrogen) atoms. The molecule has 1 aliphatic rings. The molecule has 2 aromatic heterocycles. The van der Waals surface area contributed by atoms with E-state index in [4.69, 9.17) is 18.8 Å². The number of imide groups is 1. The number of H-pyrrole nitrogens is 1. The van der Waals surface area contributed by atoms with Crippen LogP contribution in [0.5, 0.6) is 0 Å². The van der Waals surface area contributed by atoms with E-state index in [0.29, 0.717) is 16.5 Å². The highest BCUT2D eigenvalue weighted by Gasteiger charge is 2.53. The standard InChI is InChI=1S/C22H33BN4O6/c1-19(2,3)30-17(28)27(18(29)31-20(4,5)6)16-14-13(11-24-15(14)25-12-26-16)23-32-21(7,8)22(9,10)33-23/h11-12H,1-10H3,(H,24,25,26). The Labute approximate surface area is 194 Å². The maximum atomic E-state index is 13.2. The molecule has 0 unspecified atom stereocenters. The van der Waals surface area contributed by atoms with Gasteiger partial charge in [-0.15, -0.1) is 0 Å². The van der Waals surface area contributed by atoms with Crippen molar-refractivity contribution in [2.45, 2.75) is 91.6 Å². The van der Waals surface area contributed by atoms with Gasteiger partial charge in [-0.05, 0) is 69.2 Å². The van der Waals surface area contributed by atoms with Crippen molar-refractivity contribution < 1.29 is 28.4 Å². The number of hydrogen-bond acceptors (Lipinski definition) is 8. The van der Waals surface area contributed by atoms with Crippen LogP contribution in [0.1, 0.15) is 69.2 Å². The second kappa shape index (κ2) is 7.98. The van der Waals surface area contributed by atoms with Gasteiger partial charge in [0.2, 0.25) is 0 Å². The minimum atomic E-state index is -0.919. The number of aromatic nitrogens is 3. The molecule has 0 radical (unpaired) electrons. The molecule has 0 aromatic carbocycles. The lowest BCUT2D eigenvalue weighted by Gasteiger charge is -2.32. The third kappa shape index (κ3) is 5.14. The summed E-state index contributed by atoms with van der Waals surface area (Å²) in [4.78, 5) is 38.7. The first-order valence-electron chi connectivity index (χ1n) is 10.9. The normalized spacial score (nSPS) is 17.8. The van der Waals surface area contributed by atoms with Crippen molar-refractivity contribution in [1.82, 2.24) is 15.0 Å². The van der Waals surface area contributed by atoms with E-state index in [0.717, 1.165) is 4.90 Å². The second-order valence-corrected chi connectivity index (χ2v) is 11.0. The fourth-order valence-electron chi connectivity index (χ4n) is 3.16. The summed E-state index contributed by atoms with van der Waals surface area (Å²) in [5.74, 6) is 0.00876. The maximum Gasteiger partial charge on any atom is 0.497 e. The Morgan fingerprint density at radius 1 is 0.939 bits per heavy atom. The lowest BCUT2D eigenvalue weighted by atomic mass is 9.79. The maximum absolute atomic E-state index is 13.2. The topological polar surface area (TPSA) is 116 Å². The highest BCUT2D eigenvalue weighted by atomic mass is 16.7. The molecule has 10 nitrogen and oxygen atoms in total. The number of anilines is 1. The predicted molar refractivity (Wildman–Crippen MR) is 125 cm³/mol. The van der Waals surface area contributed by atoms with E-state index in [9.17, 15) is 9.59 Å². The Kier molecular flexibility index (Phi) is 6.04. The number of ether oxygens (including phenoxy) is 2. The molecule has 0 bridgehead atoms. The van der Waals surface area contributed by atoms with Gasteiger partial charge in [0.15, 0.2) is 5.82 Å². The molecular formula is C22H33BN4O6. The van der Waals surface area contributed by atoms with E-state index < -0.39 is 41.7 Å². The molecule has 1 N–H and O–H groups in total. The SMILES string of the molecule is CC(C)(C)OC(=O)N(C(=O)OC(C)(C)C)c1ncnc2[nH]cc(B3OC(C)(C)C(C)(C)O3)c12. The van der Waals surface area contributed by atoms with Crippen molar-refractivity contribution in [2.24, 2.45) is 0 Å². The highest BCUT2D eigenvalue weighted by Crippen LogP contribution is 2.37. The van der Waals surface area contributed by atoms with Gasteiger partial charge in [0.25, 0.3) is 0 Å². The summed E-state index contributed by atoms with van der Waals surface area (Å²) in [6.45, 7) is 18.0. The fraction of sp³-hybridized carbons (Fsp3) is 0.636. The smallest absolute Gasteiger partial charge is 0.443 e. The van der Waals surface area contributed by atoms with Gasteiger partial charge in [-0.2, -0.15) is 4.90 Å². The van der Waals surface area contributed by atoms with Crippen LogP contribution in [0.3, 0.4) is 0 Å². The minimum Gasteiger partial charge on any atom is -0.443 e. The summed E-state index contributed by atoms with van der Waals surface area (Å²) in [6, 6.07) is 0. The van der Waals surface area contributed by atoms with Gasteiger partial charge < -0.3 is 23.8 Å². The fourth-order valence-corrected chi connectivity index (χ4v) is 3.16. The second-order valence-electron chi connectivity index (χ2n) is 11.0. The van der Waals surface area contributed by atoms with Gasteiger partial charge in [-0.1, -0.05) is 0 Å². The molecule has 1 saturated heterocycles. The van der Waals surface area contributed by atoms with Crippen molar-refractivity contribution in [3.63, 3.8) is 0 Å². The van der Waals surface area contributed by atoms with Gasteiger partial charge in [-0.25, -0.2) is 19.6 Å². The predicted octanol–water partition coefficient (Wildman–Crippen LogP) is 3.93. The molecular weight excluding hydrogens is 427 g/mol. The van der Waals surface area contributed by atoms with Crippen LogP contribution >= 0.6 is 0 Å².